The number of nitrogens with one attached hydrogen (secondary N) is 1. The molecule has 1 atom stereocenters. The smallest absolute Gasteiger partial charge is 0.221 e. The van der Waals surface area contributed by atoms with Crippen LogP contribution in [-0.4, -0.2) is 13.0 Å². The molecule has 0 aliphatic heterocycles. The zero-order valence-corrected chi connectivity index (χ0v) is 15.3. The van der Waals surface area contributed by atoms with E-state index in [2.05, 4.69) is 5.32 Å². The molecule has 134 valence electrons. The number of hydrogen-bond donors (Lipinski definition) is 1. The minimum atomic E-state index is -0.289. The van der Waals surface area contributed by atoms with Crippen molar-refractivity contribution in [1.82, 2.24) is 5.32 Å². The van der Waals surface area contributed by atoms with Crippen LogP contribution in [0.2, 0.25) is 0 Å². The molecule has 0 aliphatic rings. The minimum Gasteiger partial charge on any atom is -0.497 e. The molecule has 0 spiro atoms. The predicted molar refractivity (Wildman–Crippen MR) is 102 cm³/mol. The molecule has 0 aliphatic carbocycles. The number of aryl methyl sites for hydroxylation is 1. The molecule has 0 radical (unpaired) electrons. The number of rotatable bonds is 7. The number of methoxy groups -OCH3 is 1. The number of thiophene rings is 1. The van der Waals surface area contributed by atoms with E-state index < -0.39 is 0 Å². The van der Waals surface area contributed by atoms with Crippen molar-refractivity contribution in [2.75, 3.05) is 7.11 Å². The minimum absolute atomic E-state index is 0.0458. The van der Waals surface area contributed by atoms with Crippen LogP contribution in [0.5, 0.6) is 5.75 Å². The Morgan fingerprint density at radius 2 is 1.96 bits per heavy atom. The molecule has 5 heteroatoms. The van der Waals surface area contributed by atoms with E-state index >= 15 is 0 Å². The summed E-state index contributed by atoms with van der Waals surface area (Å²) in [4.78, 5) is 13.5. The lowest BCUT2D eigenvalue weighted by Gasteiger charge is -2.18. The Morgan fingerprint density at radius 1 is 1.15 bits per heavy atom. The van der Waals surface area contributed by atoms with Crippen LogP contribution < -0.4 is 10.1 Å². The van der Waals surface area contributed by atoms with Crippen LogP contribution in [0.4, 0.5) is 4.39 Å². The maximum Gasteiger partial charge on any atom is 0.221 e. The molecule has 26 heavy (non-hydrogen) atoms. The second-order valence-corrected chi connectivity index (χ2v) is 6.90. The highest BCUT2D eigenvalue weighted by molar-refractivity contribution is 7.10. The largest absolute Gasteiger partial charge is 0.497 e. The molecule has 0 saturated heterocycles. The van der Waals surface area contributed by atoms with Gasteiger partial charge in [-0.15, -0.1) is 11.3 Å². The highest BCUT2D eigenvalue weighted by Crippen LogP contribution is 2.26. The van der Waals surface area contributed by atoms with E-state index in [1.165, 1.54) is 12.1 Å². The van der Waals surface area contributed by atoms with Crippen LogP contribution in [0.25, 0.3) is 0 Å². The standard InChI is InChI=1S/C21H20FNO2S/c1-25-18-5-2-4-15(14-18)7-12-20(24)23-21(19-6-3-13-26-19)16-8-10-17(22)11-9-16/h2-6,8-11,13-14,21H,7,12H2,1H3,(H,23,24). The lowest BCUT2D eigenvalue weighted by molar-refractivity contribution is -0.121. The van der Waals surface area contributed by atoms with E-state index in [1.54, 1.807) is 30.6 Å². The Kier molecular flexibility index (Phi) is 6.02. The van der Waals surface area contributed by atoms with Crippen LogP contribution in [0.3, 0.4) is 0 Å². The molecule has 3 nitrogen and oxygen atoms in total. The first kappa shape index (κ1) is 18.1. The van der Waals surface area contributed by atoms with Crippen molar-refractivity contribution in [2.45, 2.75) is 18.9 Å². The van der Waals surface area contributed by atoms with Gasteiger partial charge in [0.05, 0.1) is 13.2 Å². The van der Waals surface area contributed by atoms with Crippen LogP contribution >= 0.6 is 11.3 Å². The van der Waals surface area contributed by atoms with Gasteiger partial charge in [-0.25, -0.2) is 4.39 Å². The molecule has 1 heterocycles. The second kappa shape index (κ2) is 8.63. The lowest BCUT2D eigenvalue weighted by Crippen LogP contribution is -2.29. The van der Waals surface area contributed by atoms with Gasteiger partial charge < -0.3 is 10.1 Å². The van der Waals surface area contributed by atoms with Crippen LogP contribution in [0.1, 0.15) is 28.5 Å². The van der Waals surface area contributed by atoms with Crippen molar-refractivity contribution in [3.05, 3.63) is 87.9 Å². The summed E-state index contributed by atoms with van der Waals surface area (Å²) in [5, 5.41) is 5.04. The fourth-order valence-electron chi connectivity index (χ4n) is 2.75. The van der Waals surface area contributed by atoms with E-state index in [1.807, 2.05) is 41.8 Å². The molecule has 1 amide bonds. The Bertz CT molecular complexity index is 847. The molecule has 0 fully saturated rings. The van der Waals surface area contributed by atoms with E-state index in [4.69, 9.17) is 4.74 Å². The average Bonchev–Trinajstić information content (AvgIpc) is 3.20. The van der Waals surface area contributed by atoms with Crippen LogP contribution in [-0.2, 0) is 11.2 Å². The summed E-state index contributed by atoms with van der Waals surface area (Å²) in [7, 11) is 1.63. The molecule has 0 saturated carbocycles. The monoisotopic (exact) mass is 369 g/mol. The van der Waals surface area contributed by atoms with Crippen molar-refractivity contribution in [2.24, 2.45) is 0 Å². The third-order valence-corrected chi connectivity index (χ3v) is 5.05. The van der Waals surface area contributed by atoms with Gasteiger partial charge in [0.15, 0.2) is 0 Å². The number of carbonyl (C=O) groups excluding carboxylic acids is 1. The zero-order valence-electron chi connectivity index (χ0n) is 14.4. The quantitative estimate of drug-likeness (QED) is 0.654. The van der Waals surface area contributed by atoms with Crippen molar-refractivity contribution < 1.29 is 13.9 Å². The highest BCUT2D eigenvalue weighted by Gasteiger charge is 2.18. The van der Waals surface area contributed by atoms with Gasteiger partial charge in [0.1, 0.15) is 11.6 Å². The van der Waals surface area contributed by atoms with Gasteiger partial charge in [0.2, 0.25) is 5.91 Å². The maximum atomic E-state index is 13.2. The lowest BCUT2D eigenvalue weighted by atomic mass is 10.0. The fraction of sp³-hybridized carbons (Fsp3) is 0.190. The molecule has 1 aromatic heterocycles. The molecule has 0 bridgehead atoms. The van der Waals surface area contributed by atoms with Gasteiger partial charge in [-0.3, -0.25) is 4.79 Å². The Balaban J connectivity index is 1.68. The van der Waals surface area contributed by atoms with Gasteiger partial charge in [0.25, 0.3) is 0 Å². The van der Waals surface area contributed by atoms with Crippen molar-refractivity contribution in [3.8, 4) is 5.75 Å². The third kappa shape index (κ3) is 4.70. The van der Waals surface area contributed by atoms with Gasteiger partial charge in [-0.05, 0) is 53.3 Å². The first-order valence-electron chi connectivity index (χ1n) is 8.37. The van der Waals surface area contributed by atoms with E-state index in [9.17, 15) is 9.18 Å². The molecule has 3 rings (SSSR count). The van der Waals surface area contributed by atoms with Gasteiger partial charge in [-0.2, -0.15) is 0 Å². The summed E-state index contributed by atoms with van der Waals surface area (Å²) >= 11 is 1.57. The molecule has 2 aromatic carbocycles. The first-order chi connectivity index (χ1) is 12.7. The molecular formula is C21H20FNO2S. The van der Waals surface area contributed by atoms with E-state index in [0.29, 0.717) is 12.8 Å². The summed E-state index contributed by atoms with van der Waals surface area (Å²) in [6, 6.07) is 17.6. The van der Waals surface area contributed by atoms with E-state index in [-0.39, 0.29) is 17.8 Å². The maximum absolute atomic E-state index is 13.2. The number of ether oxygens (including phenoxy) is 1. The number of carbonyl (C=O) groups is 1. The zero-order chi connectivity index (χ0) is 18.4. The van der Waals surface area contributed by atoms with Gasteiger partial charge in [-0.1, -0.05) is 30.3 Å². The molecule has 1 unspecified atom stereocenters. The van der Waals surface area contributed by atoms with Gasteiger partial charge in [0, 0.05) is 11.3 Å². The fourth-order valence-corrected chi connectivity index (χ4v) is 3.55. The van der Waals surface area contributed by atoms with Crippen molar-refractivity contribution >= 4 is 17.2 Å². The number of amides is 1. The predicted octanol–water partition coefficient (Wildman–Crippen LogP) is 4.73. The number of benzene rings is 2. The Hall–Kier alpha value is -2.66. The van der Waals surface area contributed by atoms with Gasteiger partial charge >= 0.3 is 0 Å². The Morgan fingerprint density at radius 3 is 2.65 bits per heavy atom. The second-order valence-electron chi connectivity index (χ2n) is 5.92. The summed E-state index contributed by atoms with van der Waals surface area (Å²) in [6.45, 7) is 0. The normalized spacial score (nSPS) is 11.8. The number of hydrogen-bond acceptors (Lipinski definition) is 3. The summed E-state index contributed by atoms with van der Waals surface area (Å²) in [5.74, 6) is 0.448. The number of halogens is 1. The average molecular weight is 369 g/mol. The van der Waals surface area contributed by atoms with Crippen LogP contribution in [0.15, 0.2) is 66.0 Å². The summed E-state index contributed by atoms with van der Waals surface area (Å²) in [5.41, 5.74) is 1.91. The molecular weight excluding hydrogens is 349 g/mol. The van der Waals surface area contributed by atoms with Crippen molar-refractivity contribution in [1.29, 1.82) is 0 Å². The van der Waals surface area contributed by atoms with Crippen LogP contribution in [0, 0.1) is 5.82 Å². The highest BCUT2D eigenvalue weighted by atomic mass is 32.1. The topological polar surface area (TPSA) is 38.3 Å². The molecule has 1 N–H and O–H groups in total. The first-order valence-corrected chi connectivity index (χ1v) is 9.25. The Labute approximate surface area is 156 Å². The van der Waals surface area contributed by atoms with E-state index in [0.717, 1.165) is 21.8 Å². The summed E-state index contributed by atoms with van der Waals surface area (Å²) in [6.07, 6.45) is 1.000. The SMILES string of the molecule is COc1cccc(CCC(=O)NC(c2ccc(F)cc2)c2cccs2)c1. The molecule has 3 aromatic rings. The van der Waals surface area contributed by atoms with Crippen molar-refractivity contribution in [3.63, 3.8) is 0 Å². The summed E-state index contributed by atoms with van der Waals surface area (Å²) < 4.78 is 18.4. The third-order valence-electron chi connectivity index (χ3n) is 4.11.